The van der Waals surface area contributed by atoms with E-state index < -0.39 is 0 Å². The molecule has 2 aromatic carbocycles. The van der Waals surface area contributed by atoms with Crippen molar-refractivity contribution in [3.8, 4) is 11.5 Å². The van der Waals surface area contributed by atoms with Crippen LogP contribution >= 0.6 is 24.0 Å². The van der Waals surface area contributed by atoms with Gasteiger partial charge < -0.3 is 20.1 Å². The highest BCUT2D eigenvalue weighted by atomic mass is 35.5. The van der Waals surface area contributed by atoms with Crippen molar-refractivity contribution in [3.63, 3.8) is 0 Å². The Hall–Kier alpha value is -1.95. The molecule has 0 aromatic heterocycles. The van der Waals surface area contributed by atoms with Crippen LogP contribution in [-0.2, 0) is 6.61 Å². The molecule has 2 rings (SSSR count). The summed E-state index contributed by atoms with van der Waals surface area (Å²) in [4.78, 5) is 14.1. The van der Waals surface area contributed by atoms with Gasteiger partial charge in [0.25, 0.3) is 5.91 Å². The fourth-order valence-electron chi connectivity index (χ4n) is 2.22. The first kappa shape index (κ1) is 22.1. The highest BCUT2D eigenvalue weighted by Gasteiger charge is 2.18. The minimum absolute atomic E-state index is 0. The molecule has 0 aliphatic heterocycles. The molecule has 1 atom stereocenters. The third kappa shape index (κ3) is 5.53. The molecule has 0 fully saturated rings. The van der Waals surface area contributed by atoms with Crippen LogP contribution < -0.4 is 15.2 Å². The van der Waals surface area contributed by atoms with E-state index in [4.69, 9.17) is 26.8 Å². The number of nitrogens with zero attached hydrogens (tertiary/aromatic N) is 1. The summed E-state index contributed by atoms with van der Waals surface area (Å²) in [5, 5.41) is 0.681. The maximum absolute atomic E-state index is 12.5. The number of likely N-dealkylation sites (N-methyl/N-ethyl adjacent to an activating group) is 1. The molecule has 1 unspecified atom stereocenters. The molecular formula is C19H24Cl2N2O3. The zero-order valence-electron chi connectivity index (χ0n) is 15.1. The van der Waals surface area contributed by atoms with Gasteiger partial charge in [0.15, 0.2) is 11.5 Å². The number of nitrogens with two attached hydrogens (primary N) is 1. The van der Waals surface area contributed by atoms with E-state index in [0.717, 1.165) is 5.56 Å². The molecule has 142 valence electrons. The number of halogens is 2. The quantitative estimate of drug-likeness (QED) is 0.770. The first-order valence-corrected chi connectivity index (χ1v) is 8.36. The summed E-state index contributed by atoms with van der Waals surface area (Å²) in [6, 6.07) is 12.5. The predicted molar refractivity (Wildman–Crippen MR) is 107 cm³/mol. The highest BCUT2D eigenvalue weighted by Crippen LogP contribution is 2.29. The maximum Gasteiger partial charge on any atom is 0.254 e. The Kier molecular flexibility index (Phi) is 8.72. The van der Waals surface area contributed by atoms with Crippen LogP contribution in [0.2, 0.25) is 5.02 Å². The molecule has 26 heavy (non-hydrogen) atoms. The fraction of sp³-hybridized carbons (Fsp3) is 0.316. The highest BCUT2D eigenvalue weighted by molar-refractivity contribution is 6.30. The zero-order chi connectivity index (χ0) is 18.4. The van der Waals surface area contributed by atoms with Crippen molar-refractivity contribution in [1.82, 2.24) is 4.90 Å². The van der Waals surface area contributed by atoms with Crippen LogP contribution in [0.15, 0.2) is 42.5 Å². The lowest BCUT2D eigenvalue weighted by atomic mass is 10.1. The summed E-state index contributed by atoms with van der Waals surface area (Å²) in [6.07, 6.45) is 0. The van der Waals surface area contributed by atoms with Crippen LogP contribution in [0.5, 0.6) is 11.5 Å². The average molecular weight is 399 g/mol. The molecule has 1 amide bonds. The Morgan fingerprint density at radius 1 is 1.19 bits per heavy atom. The molecule has 0 saturated heterocycles. The average Bonchev–Trinajstić information content (AvgIpc) is 2.65. The van der Waals surface area contributed by atoms with E-state index >= 15 is 0 Å². The first-order valence-electron chi connectivity index (χ1n) is 7.98. The summed E-state index contributed by atoms with van der Waals surface area (Å²) in [7, 11) is 3.28. The minimum Gasteiger partial charge on any atom is -0.493 e. The second-order valence-corrected chi connectivity index (χ2v) is 6.22. The molecule has 0 spiro atoms. The molecule has 0 bridgehead atoms. The van der Waals surface area contributed by atoms with E-state index in [0.29, 0.717) is 35.2 Å². The van der Waals surface area contributed by atoms with Gasteiger partial charge in [-0.1, -0.05) is 23.7 Å². The zero-order valence-corrected chi connectivity index (χ0v) is 16.6. The standard InChI is InChI=1S/C19H23ClN2O3.ClH/c1-13(11-21)22(2)19(23)15-6-9-17(18(10-15)24-3)25-12-14-4-7-16(20)8-5-14;/h4-10,13H,11-12,21H2,1-3H3;1H. The van der Waals surface area contributed by atoms with Crippen molar-refractivity contribution in [2.75, 3.05) is 20.7 Å². The van der Waals surface area contributed by atoms with E-state index in [1.807, 2.05) is 31.2 Å². The lowest BCUT2D eigenvalue weighted by Crippen LogP contribution is -2.39. The van der Waals surface area contributed by atoms with Gasteiger partial charge in [-0.25, -0.2) is 0 Å². The second-order valence-electron chi connectivity index (χ2n) is 5.78. The fourth-order valence-corrected chi connectivity index (χ4v) is 2.35. The van der Waals surface area contributed by atoms with Crippen molar-refractivity contribution in [2.24, 2.45) is 5.73 Å². The number of hydrogen-bond donors (Lipinski definition) is 1. The van der Waals surface area contributed by atoms with Crippen LogP contribution in [0.4, 0.5) is 0 Å². The van der Waals surface area contributed by atoms with Gasteiger partial charge in [-0.15, -0.1) is 12.4 Å². The van der Waals surface area contributed by atoms with Gasteiger partial charge in [0, 0.05) is 30.2 Å². The Labute approximate surface area is 165 Å². The maximum atomic E-state index is 12.5. The largest absolute Gasteiger partial charge is 0.493 e. The van der Waals surface area contributed by atoms with Crippen LogP contribution in [-0.4, -0.2) is 37.6 Å². The second kappa shape index (κ2) is 10.3. The number of benzene rings is 2. The van der Waals surface area contributed by atoms with Gasteiger partial charge in [0.1, 0.15) is 6.61 Å². The van der Waals surface area contributed by atoms with Crippen LogP contribution in [0.1, 0.15) is 22.8 Å². The third-order valence-corrected chi connectivity index (χ3v) is 4.29. The SMILES string of the molecule is COc1cc(C(=O)N(C)C(C)CN)ccc1OCc1ccc(Cl)cc1.Cl. The molecule has 0 radical (unpaired) electrons. The van der Waals surface area contributed by atoms with Gasteiger partial charge in [-0.05, 0) is 42.8 Å². The first-order chi connectivity index (χ1) is 12.0. The van der Waals surface area contributed by atoms with Crippen molar-refractivity contribution < 1.29 is 14.3 Å². The Morgan fingerprint density at radius 3 is 2.42 bits per heavy atom. The normalized spacial score (nSPS) is 11.3. The summed E-state index contributed by atoms with van der Waals surface area (Å²) in [5.41, 5.74) is 7.14. The number of hydrogen-bond acceptors (Lipinski definition) is 4. The molecule has 0 aliphatic carbocycles. The number of ether oxygens (including phenoxy) is 2. The molecule has 7 heteroatoms. The monoisotopic (exact) mass is 398 g/mol. The molecule has 0 aliphatic rings. The number of methoxy groups -OCH3 is 1. The van der Waals surface area contributed by atoms with Gasteiger partial charge in [-0.2, -0.15) is 0 Å². The predicted octanol–water partition coefficient (Wildman–Crippen LogP) is 3.77. The summed E-state index contributed by atoms with van der Waals surface area (Å²) < 4.78 is 11.2. The molecule has 0 saturated carbocycles. The number of amides is 1. The van der Waals surface area contributed by atoms with E-state index in [9.17, 15) is 4.79 Å². The third-order valence-electron chi connectivity index (χ3n) is 4.04. The van der Waals surface area contributed by atoms with Gasteiger partial charge >= 0.3 is 0 Å². The molecule has 2 aromatic rings. The smallest absolute Gasteiger partial charge is 0.254 e. The van der Waals surface area contributed by atoms with Crippen molar-refractivity contribution in [2.45, 2.75) is 19.6 Å². The van der Waals surface area contributed by atoms with Crippen LogP contribution in [0.25, 0.3) is 0 Å². The number of carbonyl (C=O) groups excluding carboxylic acids is 1. The summed E-state index contributed by atoms with van der Waals surface area (Å²) >= 11 is 5.88. The minimum atomic E-state index is -0.111. The van der Waals surface area contributed by atoms with Crippen molar-refractivity contribution in [1.29, 1.82) is 0 Å². The van der Waals surface area contributed by atoms with E-state index in [1.54, 1.807) is 37.3 Å². The number of carbonyl (C=O) groups is 1. The lowest BCUT2D eigenvalue weighted by Gasteiger charge is -2.24. The van der Waals surface area contributed by atoms with E-state index in [-0.39, 0.29) is 24.4 Å². The van der Waals surface area contributed by atoms with Gasteiger partial charge in [0.2, 0.25) is 0 Å². The molecule has 0 heterocycles. The van der Waals surface area contributed by atoms with Crippen LogP contribution in [0, 0.1) is 0 Å². The van der Waals surface area contributed by atoms with Crippen LogP contribution in [0.3, 0.4) is 0 Å². The summed E-state index contributed by atoms with van der Waals surface area (Å²) in [5.74, 6) is 0.970. The lowest BCUT2D eigenvalue weighted by molar-refractivity contribution is 0.0748. The summed E-state index contributed by atoms with van der Waals surface area (Å²) in [6.45, 7) is 2.69. The number of rotatable bonds is 7. The Bertz CT molecular complexity index is 723. The van der Waals surface area contributed by atoms with Gasteiger partial charge in [-0.3, -0.25) is 4.79 Å². The van der Waals surface area contributed by atoms with E-state index in [1.165, 1.54) is 0 Å². The molecule has 5 nitrogen and oxygen atoms in total. The van der Waals surface area contributed by atoms with Gasteiger partial charge in [0.05, 0.1) is 7.11 Å². The Balaban J connectivity index is 0.00000338. The topological polar surface area (TPSA) is 64.8 Å². The van der Waals surface area contributed by atoms with E-state index in [2.05, 4.69) is 0 Å². The van der Waals surface area contributed by atoms with Crippen molar-refractivity contribution >= 4 is 29.9 Å². The molecule has 2 N–H and O–H groups in total. The van der Waals surface area contributed by atoms with Crippen molar-refractivity contribution in [3.05, 3.63) is 58.6 Å². The molecular weight excluding hydrogens is 375 g/mol. The Morgan fingerprint density at radius 2 is 1.85 bits per heavy atom.